The summed E-state index contributed by atoms with van der Waals surface area (Å²) in [6.45, 7) is 2.08. The van der Waals surface area contributed by atoms with Crippen LogP contribution in [0.15, 0.2) is 29.6 Å². The fraction of sp³-hybridized carbons (Fsp3) is 0.500. The molecule has 0 bridgehead atoms. The maximum atomic E-state index is 12.3. The Morgan fingerprint density at radius 2 is 2.47 bits per heavy atom. The standard InChI is InChI=1S/C14H16N2O3/c1-10-12-6-4-7-14(12,19-16-10)13(17)18-9-11-5-2-3-8-15-11/h2-3,5,8,12H,4,6-7,9H2,1H3. The molecule has 100 valence electrons. The molecule has 2 aliphatic rings. The second kappa shape index (κ2) is 4.64. The largest absolute Gasteiger partial charge is 0.456 e. The van der Waals surface area contributed by atoms with E-state index >= 15 is 0 Å². The number of nitrogens with zero attached hydrogens (tertiary/aromatic N) is 2. The predicted molar refractivity (Wildman–Crippen MR) is 68.3 cm³/mol. The number of ether oxygens (including phenoxy) is 1. The van der Waals surface area contributed by atoms with Gasteiger partial charge in [-0.3, -0.25) is 4.98 Å². The molecule has 1 aromatic rings. The summed E-state index contributed by atoms with van der Waals surface area (Å²) in [6.07, 6.45) is 4.27. The van der Waals surface area contributed by atoms with Gasteiger partial charge in [0.1, 0.15) is 6.61 Å². The first-order valence-corrected chi connectivity index (χ1v) is 6.52. The van der Waals surface area contributed by atoms with Crippen molar-refractivity contribution in [3.63, 3.8) is 0 Å². The van der Waals surface area contributed by atoms with Crippen LogP contribution in [0.25, 0.3) is 0 Å². The van der Waals surface area contributed by atoms with Crippen LogP contribution in [0.3, 0.4) is 0 Å². The zero-order chi connectivity index (χ0) is 13.3. The number of carbonyl (C=O) groups is 1. The van der Waals surface area contributed by atoms with Crippen molar-refractivity contribution >= 4 is 11.7 Å². The Morgan fingerprint density at radius 3 is 3.26 bits per heavy atom. The van der Waals surface area contributed by atoms with E-state index in [1.165, 1.54) is 0 Å². The van der Waals surface area contributed by atoms with Crippen LogP contribution in [0.4, 0.5) is 0 Å². The molecule has 0 radical (unpaired) electrons. The lowest BCUT2D eigenvalue weighted by Crippen LogP contribution is -2.43. The summed E-state index contributed by atoms with van der Waals surface area (Å²) in [7, 11) is 0. The summed E-state index contributed by atoms with van der Waals surface area (Å²) in [5, 5.41) is 3.97. The molecule has 2 atom stereocenters. The van der Waals surface area contributed by atoms with Crippen LogP contribution in [0, 0.1) is 5.92 Å². The summed E-state index contributed by atoms with van der Waals surface area (Å²) >= 11 is 0. The first-order valence-electron chi connectivity index (χ1n) is 6.52. The van der Waals surface area contributed by atoms with E-state index in [-0.39, 0.29) is 18.5 Å². The van der Waals surface area contributed by atoms with E-state index in [2.05, 4.69) is 10.1 Å². The Balaban J connectivity index is 1.68. The van der Waals surface area contributed by atoms with Crippen molar-refractivity contribution < 1.29 is 14.4 Å². The van der Waals surface area contributed by atoms with Crippen LogP contribution >= 0.6 is 0 Å². The van der Waals surface area contributed by atoms with E-state index in [0.717, 1.165) is 24.2 Å². The highest BCUT2D eigenvalue weighted by Crippen LogP contribution is 2.44. The molecule has 5 nitrogen and oxygen atoms in total. The first-order chi connectivity index (χ1) is 9.22. The zero-order valence-electron chi connectivity index (χ0n) is 10.8. The van der Waals surface area contributed by atoms with Crippen LogP contribution < -0.4 is 0 Å². The second-order valence-corrected chi connectivity index (χ2v) is 5.06. The van der Waals surface area contributed by atoms with Crippen molar-refractivity contribution in [2.24, 2.45) is 11.1 Å². The van der Waals surface area contributed by atoms with E-state index in [4.69, 9.17) is 9.57 Å². The summed E-state index contributed by atoms with van der Waals surface area (Å²) in [5.41, 5.74) is 0.753. The SMILES string of the molecule is CC1=NOC2(C(=O)OCc3ccccn3)CCCC12. The molecule has 0 N–H and O–H groups in total. The quantitative estimate of drug-likeness (QED) is 0.780. The lowest BCUT2D eigenvalue weighted by Gasteiger charge is -2.24. The van der Waals surface area contributed by atoms with Crippen LogP contribution in [0.1, 0.15) is 31.9 Å². The molecular formula is C14H16N2O3. The third-order valence-corrected chi connectivity index (χ3v) is 3.88. The number of aromatic nitrogens is 1. The lowest BCUT2D eigenvalue weighted by molar-refractivity contribution is -0.173. The monoisotopic (exact) mass is 260 g/mol. The molecule has 19 heavy (non-hydrogen) atoms. The van der Waals surface area contributed by atoms with E-state index < -0.39 is 5.60 Å². The predicted octanol–water partition coefficient (Wildman–Crippen LogP) is 2.07. The van der Waals surface area contributed by atoms with Gasteiger partial charge in [-0.2, -0.15) is 0 Å². The third-order valence-electron chi connectivity index (χ3n) is 3.88. The van der Waals surface area contributed by atoms with Crippen molar-refractivity contribution in [1.29, 1.82) is 0 Å². The van der Waals surface area contributed by atoms with Crippen LogP contribution in [0.5, 0.6) is 0 Å². The minimum atomic E-state index is -0.876. The summed E-state index contributed by atoms with van der Waals surface area (Å²) < 4.78 is 5.37. The number of carbonyl (C=O) groups excluding carboxylic acids is 1. The highest BCUT2D eigenvalue weighted by atomic mass is 16.7. The number of rotatable bonds is 3. The molecule has 0 amide bonds. The van der Waals surface area contributed by atoms with Crippen LogP contribution in [-0.4, -0.2) is 22.3 Å². The van der Waals surface area contributed by atoms with Crippen molar-refractivity contribution in [3.8, 4) is 0 Å². The molecule has 0 aromatic carbocycles. The van der Waals surface area contributed by atoms with Gasteiger partial charge < -0.3 is 9.57 Å². The molecule has 5 heteroatoms. The van der Waals surface area contributed by atoms with E-state index in [1.807, 2.05) is 25.1 Å². The molecule has 0 spiro atoms. The van der Waals surface area contributed by atoms with Crippen molar-refractivity contribution in [1.82, 2.24) is 4.98 Å². The van der Waals surface area contributed by atoms with Crippen LogP contribution in [0.2, 0.25) is 0 Å². The van der Waals surface area contributed by atoms with E-state index in [0.29, 0.717) is 6.42 Å². The third kappa shape index (κ3) is 1.99. The van der Waals surface area contributed by atoms with Crippen molar-refractivity contribution in [2.45, 2.75) is 38.4 Å². The fourth-order valence-electron chi connectivity index (χ4n) is 2.88. The maximum absolute atomic E-state index is 12.3. The lowest BCUT2D eigenvalue weighted by atomic mass is 9.88. The van der Waals surface area contributed by atoms with Gasteiger partial charge in [0.2, 0.25) is 5.60 Å². The average molecular weight is 260 g/mol. The number of oxime groups is 1. The van der Waals surface area contributed by atoms with E-state index in [9.17, 15) is 4.79 Å². The smallest absolute Gasteiger partial charge is 0.354 e. The topological polar surface area (TPSA) is 60.8 Å². The average Bonchev–Trinajstić information content (AvgIpc) is 3.00. The Bertz CT molecular complexity index is 515. The molecule has 2 heterocycles. The zero-order valence-corrected chi connectivity index (χ0v) is 10.8. The normalized spacial score (nSPS) is 28.5. The fourth-order valence-corrected chi connectivity index (χ4v) is 2.88. The summed E-state index contributed by atoms with van der Waals surface area (Å²) in [4.78, 5) is 21.9. The molecule has 2 unspecified atom stereocenters. The Morgan fingerprint density at radius 1 is 1.58 bits per heavy atom. The number of hydrogen-bond acceptors (Lipinski definition) is 5. The first kappa shape index (κ1) is 12.1. The number of pyridine rings is 1. The van der Waals surface area contributed by atoms with Gasteiger partial charge >= 0.3 is 5.97 Å². The molecule has 1 fully saturated rings. The molecule has 1 aromatic heterocycles. The van der Waals surface area contributed by atoms with Gasteiger partial charge in [-0.05, 0) is 31.9 Å². The van der Waals surface area contributed by atoms with Gasteiger partial charge in [-0.25, -0.2) is 4.79 Å². The van der Waals surface area contributed by atoms with Crippen molar-refractivity contribution in [2.75, 3.05) is 0 Å². The number of esters is 1. The van der Waals surface area contributed by atoms with Gasteiger partial charge in [0.15, 0.2) is 0 Å². The Labute approximate surface area is 111 Å². The summed E-state index contributed by atoms with van der Waals surface area (Å²) in [5.74, 6) is -0.245. The molecule has 3 rings (SSSR count). The van der Waals surface area contributed by atoms with Gasteiger partial charge in [-0.1, -0.05) is 11.2 Å². The van der Waals surface area contributed by atoms with Gasteiger partial charge in [0.25, 0.3) is 0 Å². The highest BCUT2D eigenvalue weighted by molar-refractivity contribution is 5.95. The Kier molecular flexibility index (Phi) is 2.97. The van der Waals surface area contributed by atoms with Crippen molar-refractivity contribution in [3.05, 3.63) is 30.1 Å². The molecule has 1 aliphatic heterocycles. The van der Waals surface area contributed by atoms with Gasteiger partial charge in [0.05, 0.1) is 17.3 Å². The molecular weight excluding hydrogens is 244 g/mol. The van der Waals surface area contributed by atoms with E-state index in [1.54, 1.807) is 6.20 Å². The number of hydrogen-bond donors (Lipinski definition) is 0. The maximum Gasteiger partial charge on any atom is 0.354 e. The highest BCUT2D eigenvalue weighted by Gasteiger charge is 2.57. The molecule has 0 saturated heterocycles. The van der Waals surface area contributed by atoms with Crippen LogP contribution in [-0.2, 0) is 21.0 Å². The van der Waals surface area contributed by atoms with Gasteiger partial charge in [0, 0.05) is 12.6 Å². The minimum absolute atomic E-state index is 0.0729. The second-order valence-electron chi connectivity index (χ2n) is 5.06. The number of fused-ring (bicyclic) bond motifs is 1. The minimum Gasteiger partial charge on any atom is -0.456 e. The molecule has 1 saturated carbocycles. The van der Waals surface area contributed by atoms with Gasteiger partial charge in [-0.15, -0.1) is 0 Å². The summed E-state index contributed by atoms with van der Waals surface area (Å²) in [6, 6.07) is 5.52. The molecule has 1 aliphatic carbocycles. The Hall–Kier alpha value is -1.91.